The lowest BCUT2D eigenvalue weighted by atomic mass is 10.2. The zero-order chi connectivity index (χ0) is 16.8. The molecule has 8 heteroatoms. The summed E-state index contributed by atoms with van der Waals surface area (Å²) in [5, 5.41) is 1.55. The highest BCUT2D eigenvalue weighted by Crippen LogP contribution is 2.23. The minimum Gasteiger partial charge on any atom is -0.268 e. The lowest BCUT2D eigenvalue weighted by Gasteiger charge is -2.13. The fraction of sp³-hybridized carbons (Fsp3) is 0.125. The van der Waals surface area contributed by atoms with Crippen LogP contribution in [-0.4, -0.2) is 30.2 Å². The normalized spacial score (nSPS) is 11.5. The number of aromatic nitrogens is 5. The molecule has 4 rings (SSSR count). The molecule has 0 N–H and O–H groups in total. The van der Waals surface area contributed by atoms with Crippen LogP contribution in [0.5, 0.6) is 0 Å². The molecule has 0 amide bonds. The Kier molecular flexibility index (Phi) is 3.54. The van der Waals surface area contributed by atoms with E-state index < -0.39 is 0 Å². The van der Waals surface area contributed by atoms with Crippen LogP contribution >= 0.6 is 23.4 Å². The summed E-state index contributed by atoms with van der Waals surface area (Å²) < 4.78 is 3.29. The molecule has 0 atom stereocenters. The SMILES string of the molecule is CSc1nc(C)c2c(=O)n(-c3ccccc3Cl)c3nccn3c2n1. The number of imidazole rings is 1. The molecule has 120 valence electrons. The van der Waals surface area contributed by atoms with Crippen LogP contribution in [0, 0.1) is 6.92 Å². The van der Waals surface area contributed by atoms with E-state index in [1.54, 1.807) is 28.9 Å². The molecule has 6 nitrogen and oxygen atoms in total. The lowest BCUT2D eigenvalue weighted by molar-refractivity contribution is 0.909. The van der Waals surface area contributed by atoms with E-state index in [2.05, 4.69) is 15.0 Å². The molecule has 4 aromatic rings. The second kappa shape index (κ2) is 5.61. The van der Waals surface area contributed by atoms with E-state index in [0.29, 0.717) is 38.4 Å². The van der Waals surface area contributed by atoms with Crippen LogP contribution in [0.3, 0.4) is 0 Å². The molecule has 1 aromatic carbocycles. The highest BCUT2D eigenvalue weighted by molar-refractivity contribution is 7.98. The number of benzene rings is 1. The third-order valence-corrected chi connectivity index (χ3v) is 4.66. The van der Waals surface area contributed by atoms with Crippen LogP contribution in [0.15, 0.2) is 46.6 Å². The zero-order valence-electron chi connectivity index (χ0n) is 12.9. The minimum absolute atomic E-state index is 0.234. The van der Waals surface area contributed by atoms with E-state index in [1.807, 2.05) is 25.3 Å². The fourth-order valence-electron chi connectivity index (χ4n) is 2.73. The maximum atomic E-state index is 13.2. The van der Waals surface area contributed by atoms with Crippen molar-refractivity contribution < 1.29 is 0 Å². The van der Waals surface area contributed by atoms with Gasteiger partial charge in [0.1, 0.15) is 5.39 Å². The smallest absolute Gasteiger partial charge is 0.268 e. The quantitative estimate of drug-likeness (QED) is 0.407. The van der Waals surface area contributed by atoms with Crippen molar-refractivity contribution in [3.05, 3.63) is 57.7 Å². The first-order valence-corrected chi connectivity index (χ1v) is 8.77. The first-order chi connectivity index (χ1) is 11.6. The van der Waals surface area contributed by atoms with E-state index in [0.717, 1.165) is 0 Å². The van der Waals surface area contributed by atoms with Gasteiger partial charge in [0.05, 0.1) is 16.4 Å². The maximum absolute atomic E-state index is 13.2. The molecule has 0 saturated heterocycles. The van der Waals surface area contributed by atoms with Crippen molar-refractivity contribution in [2.24, 2.45) is 0 Å². The monoisotopic (exact) mass is 357 g/mol. The molecule has 0 aliphatic carbocycles. The van der Waals surface area contributed by atoms with Gasteiger partial charge in [0.15, 0.2) is 10.8 Å². The second-order valence-electron chi connectivity index (χ2n) is 5.18. The standard InChI is InChI=1S/C16H12ClN5OS/c1-9-12-13(20-15(19-9)24-2)21-8-7-18-16(21)22(14(12)23)11-6-4-3-5-10(11)17/h3-8H,1-2H3. The van der Waals surface area contributed by atoms with Crippen molar-refractivity contribution >= 4 is 40.2 Å². The van der Waals surface area contributed by atoms with Crippen LogP contribution in [0.25, 0.3) is 22.5 Å². The van der Waals surface area contributed by atoms with Gasteiger partial charge < -0.3 is 0 Å². The Labute approximate surface area is 146 Å². The predicted molar refractivity (Wildman–Crippen MR) is 95.4 cm³/mol. The number of para-hydroxylation sites is 1. The molecule has 0 bridgehead atoms. The molecule has 0 aliphatic rings. The molecule has 0 saturated carbocycles. The van der Waals surface area contributed by atoms with Crippen LogP contribution in [-0.2, 0) is 0 Å². The molecular weight excluding hydrogens is 346 g/mol. The van der Waals surface area contributed by atoms with Crippen LogP contribution in [0.1, 0.15) is 5.69 Å². The molecule has 0 unspecified atom stereocenters. The summed E-state index contributed by atoms with van der Waals surface area (Å²) in [6.07, 6.45) is 5.31. The largest absolute Gasteiger partial charge is 0.270 e. The van der Waals surface area contributed by atoms with Gasteiger partial charge in [-0.2, -0.15) is 0 Å². The molecule has 24 heavy (non-hydrogen) atoms. The van der Waals surface area contributed by atoms with Gasteiger partial charge in [-0.15, -0.1) is 0 Å². The second-order valence-corrected chi connectivity index (χ2v) is 6.36. The number of halogens is 1. The summed E-state index contributed by atoms with van der Waals surface area (Å²) in [5.41, 5.74) is 1.52. The Morgan fingerprint density at radius 1 is 1.21 bits per heavy atom. The van der Waals surface area contributed by atoms with Gasteiger partial charge in [-0.3, -0.25) is 9.20 Å². The topological polar surface area (TPSA) is 65.1 Å². The van der Waals surface area contributed by atoms with Crippen molar-refractivity contribution in [1.29, 1.82) is 0 Å². The van der Waals surface area contributed by atoms with Gasteiger partial charge in [-0.1, -0.05) is 35.5 Å². The Morgan fingerprint density at radius 2 is 2.00 bits per heavy atom. The first-order valence-electron chi connectivity index (χ1n) is 7.17. The highest BCUT2D eigenvalue weighted by atomic mass is 35.5. The van der Waals surface area contributed by atoms with E-state index in [-0.39, 0.29) is 5.56 Å². The number of thioether (sulfide) groups is 1. The summed E-state index contributed by atoms with van der Waals surface area (Å²) in [6.45, 7) is 1.81. The molecule has 3 heterocycles. The Bertz CT molecular complexity index is 1150. The van der Waals surface area contributed by atoms with Gasteiger partial charge in [-0.25, -0.2) is 19.5 Å². The van der Waals surface area contributed by atoms with E-state index >= 15 is 0 Å². The van der Waals surface area contributed by atoms with Crippen molar-refractivity contribution in [3.8, 4) is 5.69 Å². The first kappa shape index (κ1) is 15.2. The van der Waals surface area contributed by atoms with Crippen LogP contribution < -0.4 is 5.56 Å². The average Bonchev–Trinajstić information content (AvgIpc) is 3.05. The molecule has 0 radical (unpaired) electrons. The molecule has 0 aliphatic heterocycles. The third-order valence-electron chi connectivity index (χ3n) is 3.79. The zero-order valence-corrected chi connectivity index (χ0v) is 14.5. The Hall–Kier alpha value is -2.38. The van der Waals surface area contributed by atoms with Crippen molar-refractivity contribution in [1.82, 2.24) is 23.9 Å². The van der Waals surface area contributed by atoms with Gasteiger partial charge in [0.2, 0.25) is 5.78 Å². The van der Waals surface area contributed by atoms with E-state index in [1.165, 1.54) is 16.3 Å². The lowest BCUT2D eigenvalue weighted by Crippen LogP contribution is -2.23. The summed E-state index contributed by atoms with van der Waals surface area (Å²) in [4.78, 5) is 26.4. The average molecular weight is 358 g/mol. The van der Waals surface area contributed by atoms with Crippen molar-refractivity contribution in [2.45, 2.75) is 12.1 Å². The highest BCUT2D eigenvalue weighted by Gasteiger charge is 2.18. The van der Waals surface area contributed by atoms with E-state index in [4.69, 9.17) is 11.6 Å². The van der Waals surface area contributed by atoms with Gasteiger partial charge in [-0.05, 0) is 25.3 Å². The summed E-state index contributed by atoms with van der Waals surface area (Å²) in [6, 6.07) is 7.18. The van der Waals surface area contributed by atoms with Gasteiger partial charge in [0.25, 0.3) is 5.56 Å². The van der Waals surface area contributed by atoms with Crippen LogP contribution in [0.4, 0.5) is 0 Å². The summed E-state index contributed by atoms with van der Waals surface area (Å²) >= 11 is 7.74. The Balaban J connectivity index is 2.25. The number of fused-ring (bicyclic) bond motifs is 3. The number of aryl methyl sites for hydroxylation is 1. The predicted octanol–water partition coefficient (Wildman–Crippen LogP) is 3.11. The molecular formula is C16H12ClN5OS. The van der Waals surface area contributed by atoms with E-state index in [9.17, 15) is 4.79 Å². The van der Waals surface area contributed by atoms with Gasteiger partial charge in [0, 0.05) is 12.4 Å². The summed E-state index contributed by atoms with van der Waals surface area (Å²) in [7, 11) is 0. The Morgan fingerprint density at radius 3 is 2.75 bits per heavy atom. The maximum Gasteiger partial charge on any atom is 0.270 e. The summed E-state index contributed by atoms with van der Waals surface area (Å²) in [5.74, 6) is 0.464. The number of rotatable bonds is 2. The number of hydrogen-bond acceptors (Lipinski definition) is 5. The molecule has 0 fully saturated rings. The molecule has 3 aromatic heterocycles. The van der Waals surface area contributed by atoms with Crippen LogP contribution in [0.2, 0.25) is 5.02 Å². The van der Waals surface area contributed by atoms with Crippen molar-refractivity contribution in [3.63, 3.8) is 0 Å². The number of nitrogens with zero attached hydrogens (tertiary/aromatic N) is 5. The van der Waals surface area contributed by atoms with Crippen molar-refractivity contribution in [2.75, 3.05) is 6.26 Å². The fourth-order valence-corrected chi connectivity index (χ4v) is 3.35. The number of hydrogen-bond donors (Lipinski definition) is 0. The third kappa shape index (κ3) is 2.12. The minimum atomic E-state index is -0.234. The molecule has 0 spiro atoms. The van der Waals surface area contributed by atoms with Gasteiger partial charge >= 0.3 is 0 Å².